The van der Waals surface area contributed by atoms with Gasteiger partial charge in [0.1, 0.15) is 0 Å². The van der Waals surface area contributed by atoms with Gasteiger partial charge in [-0.05, 0) is 58.9 Å². The van der Waals surface area contributed by atoms with Gasteiger partial charge in [-0.2, -0.15) is 5.10 Å². The zero-order chi connectivity index (χ0) is 22.8. The van der Waals surface area contributed by atoms with Crippen LogP contribution in [0, 0.1) is 20.8 Å². The summed E-state index contributed by atoms with van der Waals surface area (Å²) in [5.41, 5.74) is 7.83. The predicted octanol–water partition coefficient (Wildman–Crippen LogP) is 5.71. The molecule has 0 saturated heterocycles. The summed E-state index contributed by atoms with van der Waals surface area (Å²) in [6, 6.07) is 16.3. The predicted molar refractivity (Wildman–Crippen MR) is 130 cm³/mol. The maximum Gasteiger partial charge on any atom is 0.254 e. The van der Waals surface area contributed by atoms with Crippen LogP contribution in [0.15, 0.2) is 54.7 Å². The van der Waals surface area contributed by atoms with Gasteiger partial charge in [0, 0.05) is 41.8 Å². The van der Waals surface area contributed by atoms with E-state index in [0.717, 1.165) is 45.5 Å². The molecule has 0 aliphatic carbocycles. The minimum atomic E-state index is 0.0167. The topological polar surface area (TPSA) is 51.0 Å². The normalized spacial score (nSPS) is 11.2. The van der Waals surface area contributed by atoms with Gasteiger partial charge in [0.25, 0.3) is 5.91 Å². The van der Waals surface area contributed by atoms with Crippen LogP contribution in [0.5, 0.6) is 0 Å². The quantitative estimate of drug-likeness (QED) is 0.397. The molecule has 32 heavy (non-hydrogen) atoms. The van der Waals surface area contributed by atoms with Crippen LogP contribution in [0.2, 0.25) is 0 Å². The Labute approximate surface area is 189 Å². The Morgan fingerprint density at radius 1 is 1.00 bits per heavy atom. The molecule has 1 amide bonds. The van der Waals surface area contributed by atoms with Crippen LogP contribution in [0.1, 0.15) is 46.6 Å². The molecule has 0 unspecified atom stereocenters. The average molecular weight is 427 g/mol. The molecule has 0 atom stereocenters. The molecule has 0 aliphatic heterocycles. The molecule has 0 fully saturated rings. The summed E-state index contributed by atoms with van der Waals surface area (Å²) in [6.45, 7) is 12.2. The molecule has 4 rings (SSSR count). The molecule has 5 heteroatoms. The highest BCUT2D eigenvalue weighted by molar-refractivity contribution is 6.07. The number of fused-ring (bicyclic) bond motifs is 1. The van der Waals surface area contributed by atoms with Gasteiger partial charge in [0.05, 0.1) is 23.0 Å². The zero-order valence-electron chi connectivity index (χ0n) is 19.5. The highest BCUT2D eigenvalue weighted by atomic mass is 16.2. The van der Waals surface area contributed by atoms with E-state index in [9.17, 15) is 4.79 Å². The van der Waals surface area contributed by atoms with E-state index in [2.05, 4.69) is 44.1 Å². The number of hydrogen-bond acceptors (Lipinski definition) is 3. The fourth-order valence-corrected chi connectivity index (χ4v) is 4.13. The van der Waals surface area contributed by atoms with Gasteiger partial charge in [0.2, 0.25) is 0 Å². The van der Waals surface area contributed by atoms with Crippen LogP contribution in [0.3, 0.4) is 0 Å². The van der Waals surface area contributed by atoms with Crippen molar-refractivity contribution in [3.63, 3.8) is 0 Å². The maximum atomic E-state index is 13.8. The third kappa shape index (κ3) is 4.15. The first-order valence-electron chi connectivity index (χ1n) is 11.2. The number of benzene rings is 2. The molecular weight excluding hydrogens is 396 g/mol. The van der Waals surface area contributed by atoms with E-state index in [-0.39, 0.29) is 5.91 Å². The maximum absolute atomic E-state index is 13.8. The van der Waals surface area contributed by atoms with Crippen LogP contribution < -0.4 is 0 Å². The first-order valence-corrected chi connectivity index (χ1v) is 11.2. The molecule has 4 aromatic rings. The SMILES string of the molecule is CCN(Cc1cnn(CC)c1C)C(=O)c1cc(-c2cccc(C)c2)nc2ccc(C)cc12. The van der Waals surface area contributed by atoms with Crippen molar-refractivity contribution < 1.29 is 4.79 Å². The lowest BCUT2D eigenvalue weighted by molar-refractivity contribution is 0.0754. The highest BCUT2D eigenvalue weighted by Gasteiger charge is 2.21. The monoisotopic (exact) mass is 426 g/mol. The second-order valence-corrected chi connectivity index (χ2v) is 8.34. The highest BCUT2D eigenvalue weighted by Crippen LogP contribution is 2.28. The molecule has 164 valence electrons. The number of hydrogen-bond donors (Lipinski definition) is 0. The van der Waals surface area contributed by atoms with Crippen molar-refractivity contribution in [2.75, 3.05) is 6.54 Å². The zero-order valence-corrected chi connectivity index (χ0v) is 19.5. The second-order valence-electron chi connectivity index (χ2n) is 8.34. The van der Waals surface area contributed by atoms with E-state index in [0.29, 0.717) is 18.7 Å². The van der Waals surface area contributed by atoms with Crippen molar-refractivity contribution in [3.8, 4) is 11.3 Å². The van der Waals surface area contributed by atoms with E-state index >= 15 is 0 Å². The first kappa shape index (κ1) is 21.8. The standard InChI is InChI=1S/C27H30N4O/c1-6-30(17-22-16-28-31(7-2)20(22)5)27(32)24-15-26(21-10-8-9-18(3)13-21)29-25-12-11-19(4)14-23(24)25/h8-16H,6-7,17H2,1-5H3. The van der Waals surface area contributed by atoms with Crippen LogP contribution in [0.25, 0.3) is 22.2 Å². The molecule has 0 spiro atoms. The molecule has 0 N–H and O–H groups in total. The second kappa shape index (κ2) is 8.95. The Morgan fingerprint density at radius 3 is 2.47 bits per heavy atom. The molecule has 2 heterocycles. The Morgan fingerprint density at radius 2 is 1.78 bits per heavy atom. The Bertz CT molecular complexity index is 1290. The van der Waals surface area contributed by atoms with Crippen molar-refractivity contribution in [3.05, 3.63) is 82.7 Å². The molecule has 0 radical (unpaired) electrons. The number of carbonyl (C=O) groups is 1. The largest absolute Gasteiger partial charge is 0.334 e. The van der Waals surface area contributed by atoms with E-state index in [1.165, 1.54) is 5.56 Å². The van der Waals surface area contributed by atoms with Crippen molar-refractivity contribution in [2.45, 2.75) is 47.7 Å². The van der Waals surface area contributed by atoms with Gasteiger partial charge < -0.3 is 4.90 Å². The third-order valence-corrected chi connectivity index (χ3v) is 6.04. The Hall–Kier alpha value is -3.47. The van der Waals surface area contributed by atoms with E-state index in [1.54, 1.807) is 0 Å². The Kier molecular flexibility index (Phi) is 6.08. The molecule has 5 nitrogen and oxygen atoms in total. The Balaban J connectivity index is 1.80. The summed E-state index contributed by atoms with van der Waals surface area (Å²) in [5, 5.41) is 5.34. The number of rotatable bonds is 6. The minimum absolute atomic E-state index is 0.0167. The lowest BCUT2D eigenvalue weighted by atomic mass is 10.0. The van der Waals surface area contributed by atoms with Gasteiger partial charge >= 0.3 is 0 Å². The summed E-state index contributed by atoms with van der Waals surface area (Å²) in [4.78, 5) is 20.6. The van der Waals surface area contributed by atoms with E-state index in [4.69, 9.17) is 4.98 Å². The fraction of sp³-hybridized carbons (Fsp3) is 0.296. The lowest BCUT2D eigenvalue weighted by Gasteiger charge is -2.22. The number of nitrogens with zero attached hydrogens (tertiary/aromatic N) is 4. The fourth-order valence-electron chi connectivity index (χ4n) is 4.13. The first-order chi connectivity index (χ1) is 15.4. The summed E-state index contributed by atoms with van der Waals surface area (Å²) < 4.78 is 1.97. The molecular formula is C27H30N4O. The summed E-state index contributed by atoms with van der Waals surface area (Å²) in [5.74, 6) is 0.0167. The number of amides is 1. The van der Waals surface area contributed by atoms with Crippen LogP contribution in [0.4, 0.5) is 0 Å². The third-order valence-electron chi connectivity index (χ3n) is 6.04. The van der Waals surface area contributed by atoms with Gasteiger partial charge in [-0.15, -0.1) is 0 Å². The van der Waals surface area contributed by atoms with Crippen LogP contribution >= 0.6 is 0 Å². The van der Waals surface area contributed by atoms with E-state index in [1.807, 2.05) is 60.0 Å². The summed E-state index contributed by atoms with van der Waals surface area (Å²) in [7, 11) is 0. The van der Waals surface area contributed by atoms with Crippen molar-refractivity contribution in [1.29, 1.82) is 0 Å². The molecule has 2 aromatic heterocycles. The van der Waals surface area contributed by atoms with Crippen molar-refractivity contribution in [2.24, 2.45) is 0 Å². The van der Waals surface area contributed by atoms with Crippen molar-refractivity contribution >= 4 is 16.8 Å². The van der Waals surface area contributed by atoms with Crippen LogP contribution in [-0.4, -0.2) is 32.1 Å². The number of pyridine rings is 1. The van der Waals surface area contributed by atoms with E-state index < -0.39 is 0 Å². The van der Waals surface area contributed by atoms with Gasteiger partial charge in [-0.1, -0.05) is 35.4 Å². The summed E-state index contributed by atoms with van der Waals surface area (Å²) >= 11 is 0. The molecule has 0 bridgehead atoms. The minimum Gasteiger partial charge on any atom is -0.334 e. The van der Waals surface area contributed by atoms with Crippen LogP contribution in [-0.2, 0) is 13.1 Å². The van der Waals surface area contributed by atoms with Gasteiger partial charge in [-0.25, -0.2) is 4.98 Å². The molecule has 0 aliphatic rings. The number of aromatic nitrogens is 3. The lowest BCUT2D eigenvalue weighted by Crippen LogP contribution is -2.30. The van der Waals surface area contributed by atoms with Gasteiger partial charge in [0.15, 0.2) is 0 Å². The smallest absolute Gasteiger partial charge is 0.254 e. The van der Waals surface area contributed by atoms with Gasteiger partial charge in [-0.3, -0.25) is 9.48 Å². The van der Waals surface area contributed by atoms with Crippen molar-refractivity contribution in [1.82, 2.24) is 19.7 Å². The summed E-state index contributed by atoms with van der Waals surface area (Å²) in [6.07, 6.45) is 1.88. The number of carbonyl (C=O) groups excluding carboxylic acids is 1. The average Bonchev–Trinajstić information content (AvgIpc) is 3.15. The molecule has 0 saturated carbocycles. The number of aryl methyl sites for hydroxylation is 3. The molecule has 2 aromatic carbocycles.